The molecule has 1 saturated carbocycles. The Bertz CT molecular complexity index is 475. The summed E-state index contributed by atoms with van der Waals surface area (Å²) < 4.78 is 13.0. The summed E-state index contributed by atoms with van der Waals surface area (Å²) in [5, 5.41) is 13.0. The zero-order valence-corrected chi connectivity index (χ0v) is 12.3. The van der Waals surface area contributed by atoms with Crippen LogP contribution in [0.4, 0.5) is 10.1 Å². The van der Waals surface area contributed by atoms with Crippen LogP contribution >= 0.6 is 0 Å². The highest BCUT2D eigenvalue weighted by atomic mass is 19.1. The summed E-state index contributed by atoms with van der Waals surface area (Å²) >= 11 is 0. The highest BCUT2D eigenvalue weighted by Crippen LogP contribution is 2.35. The van der Waals surface area contributed by atoms with Gasteiger partial charge in [-0.2, -0.15) is 5.26 Å². The van der Waals surface area contributed by atoms with Gasteiger partial charge in [-0.3, -0.25) is 0 Å². The average molecular weight is 274 g/mol. The Morgan fingerprint density at radius 1 is 1.25 bits per heavy atom. The molecule has 0 saturated heterocycles. The normalized spacial score (nSPS) is 26.9. The number of hydrogen-bond donors (Lipinski definition) is 1. The lowest BCUT2D eigenvalue weighted by Gasteiger charge is -2.28. The van der Waals surface area contributed by atoms with Crippen molar-refractivity contribution in [3.8, 4) is 6.07 Å². The predicted molar refractivity (Wildman–Crippen MR) is 79.8 cm³/mol. The zero-order chi connectivity index (χ0) is 14.6. The van der Waals surface area contributed by atoms with E-state index in [2.05, 4.69) is 25.2 Å². The van der Waals surface area contributed by atoms with E-state index >= 15 is 0 Å². The fourth-order valence-electron chi connectivity index (χ4n) is 3.11. The fourth-order valence-corrected chi connectivity index (χ4v) is 3.11. The molecule has 0 amide bonds. The molecule has 0 radical (unpaired) electrons. The fraction of sp³-hybridized carbons (Fsp3) is 0.588. The molecule has 2 nitrogen and oxygen atoms in total. The minimum Gasteiger partial charge on any atom is -0.367 e. The predicted octanol–water partition coefficient (Wildman–Crippen LogP) is 4.74. The van der Waals surface area contributed by atoms with Crippen molar-refractivity contribution in [1.29, 1.82) is 5.26 Å². The summed E-state index contributed by atoms with van der Waals surface area (Å²) in [6.45, 7) is 4.52. The summed E-state index contributed by atoms with van der Waals surface area (Å²) in [6.07, 6.45) is 5.09. The molecule has 2 unspecified atom stereocenters. The van der Waals surface area contributed by atoms with Crippen molar-refractivity contribution in [2.75, 3.05) is 5.32 Å². The second kappa shape index (κ2) is 6.26. The monoisotopic (exact) mass is 274 g/mol. The number of nitrogens with zero attached hydrogens (tertiary/aromatic N) is 1. The number of rotatable bonds is 3. The molecule has 2 atom stereocenters. The topological polar surface area (TPSA) is 35.8 Å². The van der Waals surface area contributed by atoms with Gasteiger partial charge in [0.2, 0.25) is 0 Å². The van der Waals surface area contributed by atoms with E-state index in [1.165, 1.54) is 18.6 Å². The molecule has 0 aromatic heterocycles. The van der Waals surface area contributed by atoms with E-state index in [0.717, 1.165) is 31.4 Å². The molecular formula is C17H23FN2. The molecule has 108 valence electrons. The summed E-state index contributed by atoms with van der Waals surface area (Å²) in [6, 6.07) is 8.75. The SMILES string of the molecule is CC(C)C1CCCC(C#N)(Nc2ccc(F)cc2)CC1. The van der Waals surface area contributed by atoms with Crippen LogP contribution < -0.4 is 5.32 Å². The maximum Gasteiger partial charge on any atom is 0.125 e. The van der Waals surface area contributed by atoms with Gasteiger partial charge in [0.05, 0.1) is 6.07 Å². The standard InChI is InChI=1S/C17H23FN2/c1-13(2)14-4-3-10-17(12-19,11-9-14)20-16-7-5-15(18)6-8-16/h5-8,13-14,20H,3-4,9-11H2,1-2H3. The summed E-state index contributed by atoms with van der Waals surface area (Å²) in [5.74, 6) is 1.14. The van der Waals surface area contributed by atoms with Crippen molar-refractivity contribution in [3.05, 3.63) is 30.1 Å². The molecule has 1 aromatic carbocycles. The summed E-state index contributed by atoms with van der Waals surface area (Å²) in [4.78, 5) is 0. The Morgan fingerprint density at radius 2 is 1.95 bits per heavy atom. The van der Waals surface area contributed by atoms with Crippen LogP contribution in [0.2, 0.25) is 0 Å². The summed E-state index contributed by atoms with van der Waals surface area (Å²) in [5.41, 5.74) is 0.331. The van der Waals surface area contributed by atoms with Gasteiger partial charge in [0, 0.05) is 5.69 Å². The number of hydrogen-bond acceptors (Lipinski definition) is 2. The lowest BCUT2D eigenvalue weighted by molar-refractivity contribution is 0.339. The lowest BCUT2D eigenvalue weighted by atomic mass is 9.87. The quantitative estimate of drug-likeness (QED) is 0.808. The molecule has 20 heavy (non-hydrogen) atoms. The van der Waals surface area contributed by atoms with E-state index in [0.29, 0.717) is 11.8 Å². The van der Waals surface area contributed by atoms with Crippen LogP contribution in [-0.4, -0.2) is 5.54 Å². The number of nitrogens with one attached hydrogen (secondary N) is 1. The molecule has 1 aromatic rings. The molecule has 0 spiro atoms. The minimum absolute atomic E-state index is 0.248. The van der Waals surface area contributed by atoms with Gasteiger partial charge in [-0.05, 0) is 61.8 Å². The van der Waals surface area contributed by atoms with Crippen LogP contribution in [0.1, 0.15) is 46.0 Å². The van der Waals surface area contributed by atoms with E-state index in [-0.39, 0.29) is 5.82 Å². The van der Waals surface area contributed by atoms with Crippen molar-refractivity contribution < 1.29 is 4.39 Å². The zero-order valence-electron chi connectivity index (χ0n) is 12.3. The second-order valence-corrected chi connectivity index (χ2v) is 6.26. The first kappa shape index (κ1) is 14.8. The first-order valence-corrected chi connectivity index (χ1v) is 7.50. The van der Waals surface area contributed by atoms with E-state index in [9.17, 15) is 9.65 Å². The summed E-state index contributed by atoms with van der Waals surface area (Å²) in [7, 11) is 0. The Morgan fingerprint density at radius 3 is 2.55 bits per heavy atom. The van der Waals surface area contributed by atoms with Crippen LogP contribution in [0.15, 0.2) is 24.3 Å². The lowest BCUT2D eigenvalue weighted by Crippen LogP contribution is -2.36. The molecule has 1 aliphatic rings. The van der Waals surface area contributed by atoms with Crippen molar-refractivity contribution >= 4 is 5.69 Å². The van der Waals surface area contributed by atoms with Crippen molar-refractivity contribution in [1.82, 2.24) is 0 Å². The Kier molecular flexibility index (Phi) is 4.65. The van der Waals surface area contributed by atoms with Crippen LogP contribution in [0.25, 0.3) is 0 Å². The Hall–Kier alpha value is -1.56. The van der Waals surface area contributed by atoms with Crippen molar-refractivity contribution in [2.45, 2.75) is 51.5 Å². The molecule has 0 aliphatic heterocycles. The highest BCUT2D eigenvalue weighted by molar-refractivity contribution is 5.47. The third-order valence-electron chi connectivity index (χ3n) is 4.51. The molecular weight excluding hydrogens is 251 g/mol. The smallest absolute Gasteiger partial charge is 0.125 e. The van der Waals surface area contributed by atoms with Gasteiger partial charge in [-0.25, -0.2) is 4.39 Å². The highest BCUT2D eigenvalue weighted by Gasteiger charge is 2.33. The maximum absolute atomic E-state index is 13.0. The number of anilines is 1. The van der Waals surface area contributed by atoms with Crippen molar-refractivity contribution in [3.63, 3.8) is 0 Å². The minimum atomic E-state index is -0.499. The van der Waals surface area contributed by atoms with E-state index in [4.69, 9.17) is 0 Å². The molecule has 1 aliphatic carbocycles. The third-order valence-corrected chi connectivity index (χ3v) is 4.51. The Labute approximate surface area is 121 Å². The Balaban J connectivity index is 2.10. The van der Waals surface area contributed by atoms with Crippen LogP contribution in [0, 0.1) is 29.0 Å². The van der Waals surface area contributed by atoms with E-state index in [1.54, 1.807) is 12.1 Å². The third kappa shape index (κ3) is 3.50. The first-order valence-electron chi connectivity index (χ1n) is 7.50. The van der Waals surface area contributed by atoms with Gasteiger partial charge in [0.1, 0.15) is 11.4 Å². The van der Waals surface area contributed by atoms with E-state index in [1.807, 2.05) is 0 Å². The van der Waals surface area contributed by atoms with Gasteiger partial charge in [-0.15, -0.1) is 0 Å². The number of halogens is 1. The molecule has 0 bridgehead atoms. The number of nitriles is 1. The first-order chi connectivity index (χ1) is 9.54. The molecule has 0 heterocycles. The van der Waals surface area contributed by atoms with Crippen molar-refractivity contribution in [2.24, 2.45) is 11.8 Å². The maximum atomic E-state index is 13.0. The van der Waals surface area contributed by atoms with Gasteiger partial charge < -0.3 is 5.32 Å². The number of benzene rings is 1. The largest absolute Gasteiger partial charge is 0.367 e. The molecule has 2 rings (SSSR count). The van der Waals surface area contributed by atoms with Crippen LogP contribution in [0.3, 0.4) is 0 Å². The van der Waals surface area contributed by atoms with Gasteiger partial charge in [0.15, 0.2) is 0 Å². The van der Waals surface area contributed by atoms with Gasteiger partial charge in [-0.1, -0.05) is 20.3 Å². The molecule has 1 N–H and O–H groups in total. The molecule has 3 heteroatoms. The van der Waals surface area contributed by atoms with Gasteiger partial charge in [0.25, 0.3) is 0 Å². The average Bonchev–Trinajstić information content (AvgIpc) is 2.65. The van der Waals surface area contributed by atoms with Gasteiger partial charge >= 0.3 is 0 Å². The molecule has 1 fully saturated rings. The van der Waals surface area contributed by atoms with Crippen LogP contribution in [0.5, 0.6) is 0 Å². The van der Waals surface area contributed by atoms with Crippen LogP contribution in [-0.2, 0) is 0 Å². The van der Waals surface area contributed by atoms with E-state index < -0.39 is 5.54 Å². The second-order valence-electron chi connectivity index (χ2n) is 6.26.